The van der Waals surface area contributed by atoms with Gasteiger partial charge in [0, 0.05) is 0 Å². The van der Waals surface area contributed by atoms with Crippen molar-refractivity contribution in [3.63, 3.8) is 0 Å². The van der Waals surface area contributed by atoms with Gasteiger partial charge in [-0.3, -0.25) is 0 Å². The Morgan fingerprint density at radius 2 is 1.64 bits per heavy atom. The fourth-order valence-corrected chi connectivity index (χ4v) is 1.99. The maximum absolute atomic E-state index is 5.84. The molecule has 0 heterocycles. The van der Waals surface area contributed by atoms with E-state index >= 15 is 0 Å². The molecule has 1 nitrogen and oxygen atoms in total. The van der Waals surface area contributed by atoms with Crippen molar-refractivity contribution in [1.82, 2.24) is 0 Å². The van der Waals surface area contributed by atoms with Crippen LogP contribution in [0, 0.1) is 0 Å². The molecule has 0 aromatic carbocycles. The van der Waals surface area contributed by atoms with Crippen molar-refractivity contribution >= 4 is 0 Å². The summed E-state index contributed by atoms with van der Waals surface area (Å²) in [5, 5.41) is 0. The standard InChI is InChI=1S/C13H24O/c1-3-12(4-2)11-14-13-9-7-5-6-8-10-13/h11,13H,3-10H2,1-2H3. The van der Waals surface area contributed by atoms with E-state index in [9.17, 15) is 0 Å². The average Bonchev–Trinajstić information content (AvgIpc) is 2.48. The van der Waals surface area contributed by atoms with Gasteiger partial charge < -0.3 is 4.74 Å². The van der Waals surface area contributed by atoms with E-state index in [1.165, 1.54) is 44.1 Å². The highest BCUT2D eigenvalue weighted by Crippen LogP contribution is 2.20. The molecule has 0 amide bonds. The van der Waals surface area contributed by atoms with Crippen molar-refractivity contribution < 1.29 is 4.74 Å². The monoisotopic (exact) mass is 196 g/mol. The van der Waals surface area contributed by atoms with E-state index in [1.54, 1.807) is 0 Å². The molecule has 0 spiro atoms. The quantitative estimate of drug-likeness (QED) is 0.477. The normalized spacial score (nSPS) is 18.7. The molecule has 0 saturated heterocycles. The topological polar surface area (TPSA) is 9.23 Å². The van der Waals surface area contributed by atoms with Crippen LogP contribution < -0.4 is 0 Å². The molecule has 82 valence electrons. The minimum Gasteiger partial charge on any atom is -0.498 e. The van der Waals surface area contributed by atoms with E-state index in [0.717, 1.165) is 12.8 Å². The van der Waals surface area contributed by atoms with Crippen molar-refractivity contribution in [2.75, 3.05) is 0 Å². The number of hydrogen-bond acceptors (Lipinski definition) is 1. The number of hydrogen-bond donors (Lipinski definition) is 0. The highest BCUT2D eigenvalue weighted by molar-refractivity contribution is 4.95. The predicted octanol–water partition coefficient (Wildman–Crippen LogP) is 4.43. The van der Waals surface area contributed by atoms with Gasteiger partial charge in [-0.05, 0) is 44.1 Å². The summed E-state index contributed by atoms with van der Waals surface area (Å²) in [6, 6.07) is 0. The van der Waals surface area contributed by atoms with Gasteiger partial charge >= 0.3 is 0 Å². The second-order valence-electron chi connectivity index (χ2n) is 4.23. The average molecular weight is 196 g/mol. The first kappa shape index (κ1) is 11.6. The second-order valence-corrected chi connectivity index (χ2v) is 4.23. The molecule has 1 fully saturated rings. The molecule has 0 unspecified atom stereocenters. The minimum absolute atomic E-state index is 0.505. The lowest BCUT2D eigenvalue weighted by molar-refractivity contribution is 0.126. The van der Waals surface area contributed by atoms with E-state index in [4.69, 9.17) is 4.74 Å². The molecule has 1 rings (SSSR count). The molecule has 0 atom stereocenters. The first-order chi connectivity index (χ1) is 6.86. The van der Waals surface area contributed by atoms with Gasteiger partial charge in [0.15, 0.2) is 0 Å². The zero-order valence-corrected chi connectivity index (χ0v) is 9.72. The first-order valence-electron chi connectivity index (χ1n) is 6.20. The summed E-state index contributed by atoms with van der Waals surface area (Å²) in [5.41, 5.74) is 1.44. The summed E-state index contributed by atoms with van der Waals surface area (Å²) < 4.78 is 5.84. The van der Waals surface area contributed by atoms with Gasteiger partial charge in [-0.25, -0.2) is 0 Å². The van der Waals surface area contributed by atoms with Crippen LogP contribution in [0.25, 0.3) is 0 Å². The molecular formula is C13H24O. The minimum atomic E-state index is 0.505. The van der Waals surface area contributed by atoms with Gasteiger partial charge in [-0.15, -0.1) is 0 Å². The molecule has 1 saturated carbocycles. The predicted molar refractivity (Wildman–Crippen MR) is 61.2 cm³/mol. The fourth-order valence-electron chi connectivity index (χ4n) is 1.99. The molecule has 0 aromatic rings. The first-order valence-corrected chi connectivity index (χ1v) is 6.20. The van der Waals surface area contributed by atoms with Crippen molar-refractivity contribution in [2.24, 2.45) is 0 Å². The van der Waals surface area contributed by atoms with Crippen LogP contribution in [0.3, 0.4) is 0 Å². The molecule has 0 aliphatic heterocycles. The van der Waals surface area contributed by atoms with Gasteiger partial charge in [0.05, 0.1) is 12.4 Å². The molecule has 0 N–H and O–H groups in total. The summed E-state index contributed by atoms with van der Waals surface area (Å²) in [4.78, 5) is 0. The van der Waals surface area contributed by atoms with Crippen molar-refractivity contribution in [3.8, 4) is 0 Å². The molecule has 1 aliphatic carbocycles. The van der Waals surface area contributed by atoms with Crippen LogP contribution in [0.4, 0.5) is 0 Å². The Morgan fingerprint density at radius 3 is 2.14 bits per heavy atom. The lowest BCUT2D eigenvalue weighted by atomic mass is 10.1. The Balaban J connectivity index is 2.30. The number of allylic oxidation sites excluding steroid dienone is 1. The molecule has 1 heteroatoms. The fraction of sp³-hybridized carbons (Fsp3) is 0.846. The molecule has 0 bridgehead atoms. The molecule has 0 radical (unpaired) electrons. The van der Waals surface area contributed by atoms with Crippen LogP contribution in [-0.2, 0) is 4.74 Å². The highest BCUT2D eigenvalue weighted by Gasteiger charge is 2.11. The van der Waals surface area contributed by atoms with Crippen LogP contribution in [0.1, 0.15) is 65.2 Å². The summed E-state index contributed by atoms with van der Waals surface area (Å²) in [6.07, 6.45) is 12.8. The Bertz CT molecular complexity index is 158. The van der Waals surface area contributed by atoms with Crippen molar-refractivity contribution in [2.45, 2.75) is 71.3 Å². The number of ether oxygens (including phenoxy) is 1. The third kappa shape index (κ3) is 4.17. The zero-order valence-electron chi connectivity index (χ0n) is 9.72. The Labute approximate surface area is 88.5 Å². The van der Waals surface area contributed by atoms with Gasteiger partial charge in [-0.2, -0.15) is 0 Å². The maximum Gasteiger partial charge on any atom is 0.0978 e. The van der Waals surface area contributed by atoms with E-state index in [0.29, 0.717) is 6.10 Å². The lowest BCUT2D eigenvalue weighted by Gasteiger charge is -2.14. The van der Waals surface area contributed by atoms with Crippen LogP contribution in [0.15, 0.2) is 11.8 Å². The Morgan fingerprint density at radius 1 is 1.07 bits per heavy atom. The SMILES string of the molecule is CCC(=COC1CCCCCC1)CC. The summed E-state index contributed by atoms with van der Waals surface area (Å²) in [5.74, 6) is 0. The molecule has 0 aromatic heterocycles. The largest absolute Gasteiger partial charge is 0.498 e. The van der Waals surface area contributed by atoms with Crippen LogP contribution >= 0.6 is 0 Å². The van der Waals surface area contributed by atoms with E-state index in [2.05, 4.69) is 13.8 Å². The van der Waals surface area contributed by atoms with E-state index in [1.807, 2.05) is 6.26 Å². The molecule has 14 heavy (non-hydrogen) atoms. The maximum atomic E-state index is 5.84. The van der Waals surface area contributed by atoms with Crippen molar-refractivity contribution in [3.05, 3.63) is 11.8 Å². The smallest absolute Gasteiger partial charge is 0.0978 e. The van der Waals surface area contributed by atoms with Gasteiger partial charge in [0.1, 0.15) is 0 Å². The van der Waals surface area contributed by atoms with Crippen LogP contribution in [0.2, 0.25) is 0 Å². The Kier molecular flexibility index (Phi) is 5.74. The number of rotatable bonds is 4. The zero-order chi connectivity index (χ0) is 10.2. The van der Waals surface area contributed by atoms with Gasteiger partial charge in [0.2, 0.25) is 0 Å². The molecular weight excluding hydrogens is 172 g/mol. The van der Waals surface area contributed by atoms with Gasteiger partial charge in [-0.1, -0.05) is 26.7 Å². The molecule has 1 aliphatic rings. The van der Waals surface area contributed by atoms with E-state index in [-0.39, 0.29) is 0 Å². The lowest BCUT2D eigenvalue weighted by Crippen LogP contribution is -2.07. The Hall–Kier alpha value is -0.460. The summed E-state index contributed by atoms with van der Waals surface area (Å²) >= 11 is 0. The van der Waals surface area contributed by atoms with Crippen LogP contribution in [-0.4, -0.2) is 6.10 Å². The third-order valence-electron chi connectivity index (χ3n) is 3.14. The second kappa shape index (κ2) is 6.92. The summed E-state index contributed by atoms with van der Waals surface area (Å²) in [7, 11) is 0. The van der Waals surface area contributed by atoms with Crippen LogP contribution in [0.5, 0.6) is 0 Å². The summed E-state index contributed by atoms with van der Waals surface area (Å²) in [6.45, 7) is 4.40. The van der Waals surface area contributed by atoms with E-state index < -0.39 is 0 Å². The third-order valence-corrected chi connectivity index (χ3v) is 3.14. The van der Waals surface area contributed by atoms with Gasteiger partial charge in [0.25, 0.3) is 0 Å². The van der Waals surface area contributed by atoms with Crippen molar-refractivity contribution in [1.29, 1.82) is 0 Å². The highest BCUT2D eigenvalue weighted by atomic mass is 16.5.